The van der Waals surface area contributed by atoms with Crippen LogP contribution in [0.3, 0.4) is 0 Å². The minimum absolute atomic E-state index is 0.0759. The van der Waals surface area contributed by atoms with E-state index in [0.717, 1.165) is 16.3 Å². The number of rotatable bonds is 7. The molecule has 0 aliphatic carbocycles. The molecule has 0 aliphatic heterocycles. The van der Waals surface area contributed by atoms with Crippen LogP contribution in [-0.4, -0.2) is 37.5 Å². The van der Waals surface area contributed by atoms with Crippen LogP contribution in [0.5, 0.6) is 0 Å². The van der Waals surface area contributed by atoms with E-state index >= 15 is 0 Å². The second-order valence-corrected chi connectivity index (χ2v) is 7.99. The molecule has 1 amide bonds. The summed E-state index contributed by atoms with van der Waals surface area (Å²) in [7, 11) is 0. The minimum Gasteiger partial charge on any atom is -0.354 e. The van der Waals surface area contributed by atoms with Gasteiger partial charge in [-0.3, -0.25) is 14.2 Å². The number of amides is 1. The van der Waals surface area contributed by atoms with Crippen LogP contribution in [0.25, 0.3) is 16.7 Å². The van der Waals surface area contributed by atoms with Gasteiger partial charge in [0.05, 0.1) is 11.9 Å². The van der Waals surface area contributed by atoms with Crippen LogP contribution < -0.4 is 10.9 Å². The van der Waals surface area contributed by atoms with Gasteiger partial charge in [0, 0.05) is 17.2 Å². The molecule has 1 N–H and O–H groups in total. The molecule has 4 rings (SSSR count). The molecule has 0 unspecified atom stereocenters. The van der Waals surface area contributed by atoms with Crippen LogP contribution in [0.15, 0.2) is 76.8 Å². The number of para-hydroxylation sites is 1. The first kappa shape index (κ1) is 19.9. The van der Waals surface area contributed by atoms with Crippen molar-refractivity contribution in [3.63, 3.8) is 0 Å². The zero-order chi connectivity index (χ0) is 20.9. The third kappa shape index (κ3) is 4.44. The van der Waals surface area contributed by atoms with Crippen molar-refractivity contribution < 1.29 is 4.79 Å². The van der Waals surface area contributed by atoms with Gasteiger partial charge in [0.15, 0.2) is 5.65 Å². The lowest BCUT2D eigenvalue weighted by molar-refractivity contribution is -0.121. The fourth-order valence-corrected chi connectivity index (χ4v) is 3.79. The van der Waals surface area contributed by atoms with Gasteiger partial charge in [-0.1, -0.05) is 35.9 Å². The lowest BCUT2D eigenvalue weighted by Crippen LogP contribution is -2.33. The second kappa shape index (κ2) is 8.96. The van der Waals surface area contributed by atoms with Crippen LogP contribution in [-0.2, 0) is 11.3 Å². The zero-order valence-electron chi connectivity index (χ0n) is 16.5. The van der Waals surface area contributed by atoms with E-state index in [1.54, 1.807) is 16.4 Å². The molecule has 4 aromatic rings. The number of benzene rings is 2. The van der Waals surface area contributed by atoms with Gasteiger partial charge in [0.1, 0.15) is 18.3 Å². The zero-order valence-corrected chi connectivity index (χ0v) is 17.3. The Kier molecular flexibility index (Phi) is 5.94. The quantitative estimate of drug-likeness (QED) is 0.368. The Morgan fingerprint density at radius 3 is 2.63 bits per heavy atom. The molecule has 152 valence electrons. The summed E-state index contributed by atoms with van der Waals surface area (Å²) in [5.74, 6) is 0.531. The van der Waals surface area contributed by atoms with E-state index in [4.69, 9.17) is 0 Å². The molecule has 0 spiro atoms. The van der Waals surface area contributed by atoms with Gasteiger partial charge in [0.2, 0.25) is 5.91 Å². The molecule has 0 saturated heterocycles. The van der Waals surface area contributed by atoms with Crippen LogP contribution >= 0.6 is 11.8 Å². The molecule has 2 heterocycles. The van der Waals surface area contributed by atoms with Crippen molar-refractivity contribution in [2.45, 2.75) is 18.4 Å². The summed E-state index contributed by atoms with van der Waals surface area (Å²) in [6, 6.07) is 17.7. The molecule has 2 aromatic carbocycles. The lowest BCUT2D eigenvalue weighted by atomic mass is 10.2. The molecule has 2 aromatic heterocycles. The number of fused-ring (bicyclic) bond motifs is 1. The first-order valence-corrected chi connectivity index (χ1v) is 10.5. The van der Waals surface area contributed by atoms with Crippen molar-refractivity contribution in [3.05, 3.63) is 83.0 Å². The molecule has 0 saturated carbocycles. The van der Waals surface area contributed by atoms with Gasteiger partial charge < -0.3 is 5.32 Å². The summed E-state index contributed by atoms with van der Waals surface area (Å²) in [4.78, 5) is 30.5. The number of hydrogen-bond acceptors (Lipinski definition) is 5. The first-order chi connectivity index (χ1) is 14.6. The molecular formula is C22H21N5O2S. The topological polar surface area (TPSA) is 81.8 Å². The number of thioether (sulfide) groups is 1. The van der Waals surface area contributed by atoms with Gasteiger partial charge in [-0.2, -0.15) is 5.10 Å². The third-order valence-corrected chi connectivity index (χ3v) is 5.60. The van der Waals surface area contributed by atoms with E-state index < -0.39 is 0 Å². The molecular weight excluding hydrogens is 398 g/mol. The number of nitrogens with zero attached hydrogens (tertiary/aromatic N) is 4. The fourth-order valence-electron chi connectivity index (χ4n) is 3.02. The van der Waals surface area contributed by atoms with Gasteiger partial charge in [-0.05, 0) is 31.2 Å². The standard InChI is InChI=1S/C22H21N5O2S/c1-16-7-9-18(10-8-16)30-12-11-23-20(28)14-26-15-24-21-19(22(26)29)13-25-27(21)17-5-3-2-4-6-17/h2-10,13,15H,11-12,14H2,1H3,(H,23,28). The van der Waals surface area contributed by atoms with Gasteiger partial charge in [0.25, 0.3) is 5.56 Å². The highest BCUT2D eigenvalue weighted by Gasteiger charge is 2.13. The number of nitrogens with one attached hydrogen (secondary N) is 1. The molecule has 0 atom stereocenters. The van der Waals surface area contributed by atoms with Crippen LogP contribution in [0.4, 0.5) is 0 Å². The van der Waals surface area contributed by atoms with E-state index in [-0.39, 0.29) is 18.0 Å². The summed E-state index contributed by atoms with van der Waals surface area (Å²) in [6.45, 7) is 2.50. The second-order valence-electron chi connectivity index (χ2n) is 6.82. The normalized spacial score (nSPS) is 11.0. The highest BCUT2D eigenvalue weighted by molar-refractivity contribution is 7.99. The molecule has 30 heavy (non-hydrogen) atoms. The average molecular weight is 420 g/mol. The number of carbonyl (C=O) groups is 1. The predicted octanol–water partition coefficient (Wildman–Crippen LogP) is 2.80. The third-order valence-electron chi connectivity index (χ3n) is 4.58. The van der Waals surface area contributed by atoms with Gasteiger partial charge in [-0.25, -0.2) is 9.67 Å². The minimum atomic E-state index is -0.286. The van der Waals surface area contributed by atoms with Crippen molar-refractivity contribution in [1.82, 2.24) is 24.6 Å². The number of aromatic nitrogens is 4. The Balaban J connectivity index is 1.37. The van der Waals surface area contributed by atoms with E-state index in [1.807, 2.05) is 30.3 Å². The molecule has 8 heteroatoms. The predicted molar refractivity (Wildman–Crippen MR) is 118 cm³/mol. The summed E-state index contributed by atoms with van der Waals surface area (Å²) >= 11 is 1.68. The maximum atomic E-state index is 12.7. The summed E-state index contributed by atoms with van der Waals surface area (Å²) in [6.07, 6.45) is 2.89. The van der Waals surface area contributed by atoms with Crippen LogP contribution in [0, 0.1) is 6.92 Å². The van der Waals surface area contributed by atoms with Crippen molar-refractivity contribution in [2.75, 3.05) is 12.3 Å². The SMILES string of the molecule is Cc1ccc(SCCNC(=O)Cn2cnc3c(cnn3-c3ccccc3)c2=O)cc1. The van der Waals surface area contributed by atoms with Crippen LogP contribution in [0.1, 0.15) is 5.56 Å². The van der Waals surface area contributed by atoms with E-state index in [2.05, 4.69) is 46.6 Å². The van der Waals surface area contributed by atoms with Gasteiger partial charge >= 0.3 is 0 Å². The Morgan fingerprint density at radius 2 is 1.87 bits per heavy atom. The number of carbonyl (C=O) groups excluding carboxylic acids is 1. The van der Waals surface area contributed by atoms with Crippen molar-refractivity contribution in [2.24, 2.45) is 0 Å². The average Bonchev–Trinajstić information content (AvgIpc) is 3.20. The monoisotopic (exact) mass is 419 g/mol. The van der Waals surface area contributed by atoms with Crippen molar-refractivity contribution in [1.29, 1.82) is 0 Å². The fraction of sp³-hybridized carbons (Fsp3) is 0.182. The van der Waals surface area contributed by atoms with E-state index in [9.17, 15) is 9.59 Å². The van der Waals surface area contributed by atoms with Crippen molar-refractivity contribution in [3.8, 4) is 5.69 Å². The molecule has 0 bridgehead atoms. The van der Waals surface area contributed by atoms with Crippen molar-refractivity contribution >= 4 is 28.7 Å². The van der Waals surface area contributed by atoms with Crippen LogP contribution in [0.2, 0.25) is 0 Å². The largest absolute Gasteiger partial charge is 0.354 e. The number of aryl methyl sites for hydroxylation is 1. The maximum absolute atomic E-state index is 12.7. The van der Waals surface area contributed by atoms with E-state index in [1.165, 1.54) is 22.7 Å². The summed E-state index contributed by atoms with van der Waals surface area (Å²) in [5.41, 5.74) is 2.22. The Labute approximate surface area is 177 Å². The number of hydrogen-bond donors (Lipinski definition) is 1. The molecule has 0 aliphatic rings. The Hall–Kier alpha value is -3.39. The highest BCUT2D eigenvalue weighted by Crippen LogP contribution is 2.17. The summed E-state index contributed by atoms with van der Waals surface area (Å²) < 4.78 is 2.92. The summed E-state index contributed by atoms with van der Waals surface area (Å²) in [5, 5.41) is 7.51. The maximum Gasteiger partial charge on any atom is 0.264 e. The smallest absolute Gasteiger partial charge is 0.264 e. The van der Waals surface area contributed by atoms with E-state index in [0.29, 0.717) is 17.6 Å². The highest BCUT2D eigenvalue weighted by atomic mass is 32.2. The molecule has 7 nitrogen and oxygen atoms in total. The first-order valence-electron chi connectivity index (χ1n) is 9.56. The molecule has 0 radical (unpaired) electrons. The molecule has 0 fully saturated rings. The van der Waals surface area contributed by atoms with Gasteiger partial charge in [-0.15, -0.1) is 11.8 Å². The Morgan fingerprint density at radius 1 is 1.10 bits per heavy atom. The lowest BCUT2D eigenvalue weighted by Gasteiger charge is -2.08. The Bertz CT molecular complexity index is 1220.